The van der Waals surface area contributed by atoms with E-state index in [0.717, 1.165) is 19.3 Å². The van der Waals surface area contributed by atoms with Gasteiger partial charge >= 0.3 is 11.9 Å². The zero-order chi connectivity index (χ0) is 14.7. The van der Waals surface area contributed by atoms with Crippen LogP contribution < -0.4 is 0 Å². The molecular weight excluding hydrogens is 256 g/mol. The van der Waals surface area contributed by atoms with Crippen molar-refractivity contribution >= 4 is 11.9 Å². The summed E-state index contributed by atoms with van der Waals surface area (Å²) in [5.41, 5.74) is -0.0701. The fraction of sp³-hybridized carbons (Fsp3) is 0.875. The van der Waals surface area contributed by atoms with Gasteiger partial charge in [-0.15, -0.1) is 0 Å². The molecule has 0 amide bonds. The van der Waals surface area contributed by atoms with Crippen LogP contribution in [0.15, 0.2) is 0 Å². The van der Waals surface area contributed by atoms with E-state index in [9.17, 15) is 9.59 Å². The van der Waals surface area contributed by atoms with Gasteiger partial charge in [0.05, 0.1) is 11.8 Å². The standard InChI is InChI=1S/C16H24O4/c1-8(2)5-9(3)14(17)20-13-12-10-6-16(13,4)7-11(10)15(18)19-12/h8-13H,5-7H2,1-4H3. The van der Waals surface area contributed by atoms with Crippen LogP contribution in [0.2, 0.25) is 0 Å². The first-order valence-corrected chi connectivity index (χ1v) is 7.73. The highest BCUT2D eigenvalue weighted by molar-refractivity contribution is 5.77. The molecule has 20 heavy (non-hydrogen) atoms. The molecule has 0 spiro atoms. The van der Waals surface area contributed by atoms with E-state index in [0.29, 0.717) is 5.92 Å². The van der Waals surface area contributed by atoms with Gasteiger partial charge in [-0.1, -0.05) is 27.7 Å². The molecular formula is C16H24O4. The molecule has 0 radical (unpaired) electrons. The van der Waals surface area contributed by atoms with Gasteiger partial charge in [0.15, 0.2) is 0 Å². The number of hydrogen-bond donors (Lipinski definition) is 0. The van der Waals surface area contributed by atoms with Crippen molar-refractivity contribution in [3.8, 4) is 0 Å². The van der Waals surface area contributed by atoms with Crippen LogP contribution in [0.5, 0.6) is 0 Å². The number of rotatable bonds is 4. The zero-order valence-corrected chi connectivity index (χ0v) is 12.7. The van der Waals surface area contributed by atoms with Crippen molar-refractivity contribution in [3.63, 3.8) is 0 Å². The van der Waals surface area contributed by atoms with E-state index in [1.165, 1.54) is 0 Å². The maximum absolute atomic E-state index is 12.2. The van der Waals surface area contributed by atoms with Gasteiger partial charge in [0.2, 0.25) is 0 Å². The van der Waals surface area contributed by atoms with Crippen LogP contribution in [0.25, 0.3) is 0 Å². The molecule has 1 heterocycles. The third kappa shape index (κ3) is 1.95. The summed E-state index contributed by atoms with van der Waals surface area (Å²) in [5, 5.41) is 0. The molecule has 3 fully saturated rings. The number of carbonyl (C=O) groups excluding carboxylic acids is 2. The summed E-state index contributed by atoms with van der Waals surface area (Å²) in [6.45, 7) is 8.26. The fourth-order valence-electron chi connectivity index (χ4n) is 4.50. The van der Waals surface area contributed by atoms with E-state index in [1.54, 1.807) is 0 Å². The van der Waals surface area contributed by atoms with Gasteiger partial charge in [0.1, 0.15) is 12.2 Å². The number of fused-ring (bicyclic) bond motifs is 1. The maximum atomic E-state index is 12.2. The Labute approximate surface area is 120 Å². The number of carbonyl (C=O) groups is 2. The van der Waals surface area contributed by atoms with Gasteiger partial charge in [-0.05, 0) is 25.2 Å². The Morgan fingerprint density at radius 3 is 2.75 bits per heavy atom. The summed E-state index contributed by atoms with van der Waals surface area (Å²) in [5.74, 6) is 0.473. The number of hydrogen-bond acceptors (Lipinski definition) is 4. The lowest BCUT2D eigenvalue weighted by Gasteiger charge is -2.33. The highest BCUT2D eigenvalue weighted by atomic mass is 16.6. The molecule has 2 aliphatic carbocycles. The second kappa shape index (κ2) is 4.47. The molecule has 4 nitrogen and oxygen atoms in total. The molecule has 0 aromatic heterocycles. The van der Waals surface area contributed by atoms with E-state index in [2.05, 4.69) is 20.8 Å². The second-order valence-corrected chi connectivity index (χ2v) is 7.62. The number of ether oxygens (including phenoxy) is 2. The SMILES string of the molecule is CC(C)CC(C)C(=O)OC1C2OC(=O)C3CC1(C)CC32. The number of esters is 2. The van der Waals surface area contributed by atoms with Gasteiger partial charge in [-0.2, -0.15) is 0 Å². The third-order valence-corrected chi connectivity index (χ3v) is 5.34. The molecule has 4 heteroatoms. The molecule has 6 atom stereocenters. The first-order valence-electron chi connectivity index (χ1n) is 7.73. The van der Waals surface area contributed by atoms with Gasteiger partial charge in [0, 0.05) is 11.3 Å². The minimum atomic E-state index is -0.239. The Balaban J connectivity index is 1.70. The van der Waals surface area contributed by atoms with Crippen LogP contribution in [0.3, 0.4) is 0 Å². The van der Waals surface area contributed by atoms with Crippen molar-refractivity contribution in [2.45, 2.75) is 59.2 Å². The van der Waals surface area contributed by atoms with Crippen molar-refractivity contribution in [2.24, 2.45) is 29.1 Å². The first-order chi connectivity index (χ1) is 9.32. The lowest BCUT2D eigenvalue weighted by atomic mass is 9.79. The molecule has 0 N–H and O–H groups in total. The van der Waals surface area contributed by atoms with Crippen LogP contribution in [0.1, 0.15) is 47.0 Å². The van der Waals surface area contributed by atoms with Crippen molar-refractivity contribution in [2.75, 3.05) is 0 Å². The Morgan fingerprint density at radius 2 is 2.10 bits per heavy atom. The van der Waals surface area contributed by atoms with Gasteiger partial charge in [-0.25, -0.2) is 0 Å². The highest BCUT2D eigenvalue weighted by Gasteiger charge is 2.68. The monoisotopic (exact) mass is 280 g/mol. The summed E-state index contributed by atoms with van der Waals surface area (Å²) in [7, 11) is 0. The van der Waals surface area contributed by atoms with Crippen molar-refractivity contribution in [3.05, 3.63) is 0 Å². The molecule has 6 unspecified atom stereocenters. The maximum Gasteiger partial charge on any atom is 0.309 e. The topological polar surface area (TPSA) is 52.6 Å². The highest BCUT2D eigenvalue weighted by Crippen LogP contribution is 2.62. The Morgan fingerprint density at radius 1 is 1.40 bits per heavy atom. The second-order valence-electron chi connectivity index (χ2n) is 7.62. The summed E-state index contributed by atoms with van der Waals surface area (Å²) < 4.78 is 11.2. The van der Waals surface area contributed by atoms with Crippen LogP contribution in [-0.2, 0) is 19.1 Å². The van der Waals surface area contributed by atoms with E-state index >= 15 is 0 Å². The Kier molecular flexibility index (Phi) is 3.11. The summed E-state index contributed by atoms with van der Waals surface area (Å²) in [4.78, 5) is 24.0. The molecule has 2 bridgehead atoms. The summed E-state index contributed by atoms with van der Waals surface area (Å²) >= 11 is 0. The zero-order valence-electron chi connectivity index (χ0n) is 12.7. The first kappa shape index (κ1) is 13.9. The lowest BCUT2D eigenvalue weighted by molar-refractivity contribution is -0.169. The fourth-order valence-corrected chi connectivity index (χ4v) is 4.50. The van der Waals surface area contributed by atoms with Crippen LogP contribution in [0, 0.1) is 29.1 Å². The molecule has 0 aromatic carbocycles. The predicted octanol–water partition coefficient (Wildman–Crippen LogP) is 2.55. The smallest absolute Gasteiger partial charge is 0.309 e. The minimum absolute atomic E-state index is 0.0491. The van der Waals surface area contributed by atoms with E-state index < -0.39 is 0 Å². The Bertz CT molecular complexity index is 444. The average Bonchev–Trinajstić information content (AvgIpc) is 2.88. The van der Waals surface area contributed by atoms with E-state index in [1.807, 2.05) is 6.92 Å². The molecule has 3 rings (SSSR count). The van der Waals surface area contributed by atoms with Crippen LogP contribution in [-0.4, -0.2) is 24.1 Å². The molecule has 3 aliphatic rings. The van der Waals surface area contributed by atoms with Gasteiger partial charge < -0.3 is 9.47 Å². The lowest BCUT2D eigenvalue weighted by Crippen LogP contribution is -2.42. The predicted molar refractivity (Wildman–Crippen MR) is 72.7 cm³/mol. The normalized spacial score (nSPS) is 43.0. The summed E-state index contributed by atoms with van der Waals surface area (Å²) in [6, 6.07) is 0. The van der Waals surface area contributed by atoms with E-state index in [4.69, 9.17) is 9.47 Å². The average molecular weight is 280 g/mol. The minimum Gasteiger partial charge on any atom is -0.458 e. The molecule has 1 saturated heterocycles. The Hall–Kier alpha value is -1.06. The molecule has 112 valence electrons. The van der Waals surface area contributed by atoms with Crippen molar-refractivity contribution in [1.29, 1.82) is 0 Å². The van der Waals surface area contributed by atoms with Crippen molar-refractivity contribution in [1.82, 2.24) is 0 Å². The van der Waals surface area contributed by atoms with E-state index in [-0.39, 0.29) is 47.3 Å². The van der Waals surface area contributed by atoms with Crippen LogP contribution >= 0.6 is 0 Å². The largest absolute Gasteiger partial charge is 0.458 e. The van der Waals surface area contributed by atoms with Crippen LogP contribution in [0.4, 0.5) is 0 Å². The third-order valence-electron chi connectivity index (χ3n) is 5.34. The van der Waals surface area contributed by atoms with Crippen molar-refractivity contribution < 1.29 is 19.1 Å². The van der Waals surface area contributed by atoms with Gasteiger partial charge in [-0.3, -0.25) is 9.59 Å². The molecule has 0 aromatic rings. The van der Waals surface area contributed by atoms with Gasteiger partial charge in [0.25, 0.3) is 0 Å². The quantitative estimate of drug-likeness (QED) is 0.743. The molecule has 2 saturated carbocycles. The summed E-state index contributed by atoms with van der Waals surface area (Å²) in [6.07, 6.45) is 2.16. The molecule has 1 aliphatic heterocycles.